The summed E-state index contributed by atoms with van der Waals surface area (Å²) in [4.78, 5) is 24.6. The first-order valence-corrected chi connectivity index (χ1v) is 10.6. The molecule has 3 rings (SSSR count). The topological polar surface area (TPSA) is 72.8 Å². The highest BCUT2D eigenvalue weighted by Gasteiger charge is 2.31. The number of carboxylic acids is 1. The smallest absolute Gasteiger partial charge is 0.339 e. The summed E-state index contributed by atoms with van der Waals surface area (Å²) in [7, 11) is 0. The molecule has 1 atom stereocenters. The minimum Gasteiger partial charge on any atom is -0.493 e. The number of ether oxygens (including phenoxy) is 2. The Morgan fingerprint density at radius 1 is 1.17 bits per heavy atom. The van der Waals surface area contributed by atoms with Gasteiger partial charge in [0.05, 0.1) is 12.5 Å². The molecule has 5 heteroatoms. The molecule has 160 valence electrons. The Labute approximate surface area is 178 Å². The van der Waals surface area contributed by atoms with Gasteiger partial charge < -0.3 is 14.6 Å². The second kappa shape index (κ2) is 9.33. The zero-order valence-corrected chi connectivity index (χ0v) is 17.9. The molecule has 0 bridgehead atoms. The summed E-state index contributed by atoms with van der Waals surface area (Å²) < 4.78 is 11.4. The molecule has 0 spiro atoms. The maximum Gasteiger partial charge on any atom is 0.339 e. The molecule has 1 aliphatic rings. The third-order valence-electron chi connectivity index (χ3n) is 5.83. The van der Waals surface area contributed by atoms with Crippen LogP contribution in [0.5, 0.6) is 11.5 Å². The molecule has 30 heavy (non-hydrogen) atoms. The quantitative estimate of drug-likeness (QED) is 0.343. The van der Waals surface area contributed by atoms with Gasteiger partial charge in [-0.2, -0.15) is 0 Å². The molecule has 1 N–H and O–H groups in total. The molecule has 0 saturated carbocycles. The lowest BCUT2D eigenvalue weighted by molar-refractivity contribution is -0.136. The maximum absolute atomic E-state index is 13.2. The number of unbranched alkanes of at least 4 members (excludes halogenated alkanes) is 2. The van der Waals surface area contributed by atoms with Crippen molar-refractivity contribution in [3.8, 4) is 11.5 Å². The van der Waals surface area contributed by atoms with E-state index in [-0.39, 0.29) is 16.7 Å². The first kappa shape index (κ1) is 21.9. The number of benzene rings is 2. The molecule has 0 aromatic heterocycles. The predicted molar refractivity (Wildman–Crippen MR) is 115 cm³/mol. The average Bonchev–Trinajstić information content (AvgIpc) is 2.71. The molecule has 0 amide bonds. The minimum absolute atomic E-state index is 0.0156. The number of rotatable bonds is 8. The normalized spacial score (nSPS) is 15.6. The van der Waals surface area contributed by atoms with Gasteiger partial charge >= 0.3 is 11.9 Å². The Morgan fingerprint density at radius 3 is 2.67 bits per heavy atom. The van der Waals surface area contributed by atoms with Crippen LogP contribution in [0.15, 0.2) is 42.5 Å². The van der Waals surface area contributed by atoms with Crippen LogP contribution in [-0.2, 0) is 10.2 Å². The fraction of sp³-hybridized carbons (Fsp3) is 0.440. The van der Waals surface area contributed by atoms with Crippen LogP contribution in [0.2, 0.25) is 0 Å². The van der Waals surface area contributed by atoms with E-state index >= 15 is 0 Å². The van der Waals surface area contributed by atoms with E-state index in [2.05, 4.69) is 26.8 Å². The molecule has 5 nitrogen and oxygen atoms in total. The summed E-state index contributed by atoms with van der Waals surface area (Å²) in [6.07, 6.45) is 4.54. The molecule has 2 aromatic carbocycles. The fourth-order valence-corrected chi connectivity index (χ4v) is 3.90. The average molecular weight is 411 g/mol. The Hall–Kier alpha value is -2.82. The monoisotopic (exact) mass is 410 g/mol. The Morgan fingerprint density at radius 2 is 1.93 bits per heavy atom. The van der Waals surface area contributed by atoms with Crippen molar-refractivity contribution in [3.63, 3.8) is 0 Å². The summed E-state index contributed by atoms with van der Waals surface area (Å²) in [6, 6.07) is 12.2. The Balaban J connectivity index is 1.92. The van der Waals surface area contributed by atoms with Crippen molar-refractivity contribution in [2.24, 2.45) is 0 Å². The van der Waals surface area contributed by atoms with Crippen LogP contribution in [0.3, 0.4) is 0 Å². The molecule has 0 unspecified atom stereocenters. The van der Waals surface area contributed by atoms with E-state index in [4.69, 9.17) is 9.47 Å². The van der Waals surface area contributed by atoms with E-state index < -0.39 is 17.9 Å². The van der Waals surface area contributed by atoms with E-state index in [1.165, 1.54) is 12.1 Å². The van der Waals surface area contributed by atoms with E-state index in [0.717, 1.165) is 42.6 Å². The van der Waals surface area contributed by atoms with Crippen molar-refractivity contribution >= 4 is 11.9 Å². The third kappa shape index (κ3) is 4.84. The summed E-state index contributed by atoms with van der Waals surface area (Å²) in [5, 5.41) is 9.39. The van der Waals surface area contributed by atoms with E-state index in [1.807, 2.05) is 12.1 Å². The standard InChI is InChI=1S/C25H30O5/c1-4-5-6-9-18(24(28)30-21-11-8-7-10-19(21)23(26)27)17-12-13-22-20(16-17)25(2,3)14-15-29-22/h7-8,10-13,16,18H,4-6,9,14-15H2,1-3H3,(H,26,27)/t18-/m1/s1. The third-order valence-corrected chi connectivity index (χ3v) is 5.83. The van der Waals surface area contributed by atoms with E-state index in [0.29, 0.717) is 13.0 Å². The van der Waals surface area contributed by atoms with Gasteiger partial charge in [0.15, 0.2) is 0 Å². The number of carbonyl (C=O) groups is 2. The predicted octanol–water partition coefficient (Wildman–Crippen LogP) is 5.71. The second-order valence-corrected chi connectivity index (χ2v) is 8.51. The highest BCUT2D eigenvalue weighted by atomic mass is 16.5. The number of esters is 1. The van der Waals surface area contributed by atoms with Crippen molar-refractivity contribution in [3.05, 3.63) is 59.2 Å². The number of para-hydroxylation sites is 1. The lowest BCUT2D eigenvalue weighted by atomic mass is 9.78. The largest absolute Gasteiger partial charge is 0.493 e. The molecule has 0 radical (unpaired) electrons. The lowest BCUT2D eigenvalue weighted by Crippen LogP contribution is -2.27. The number of aromatic carboxylic acids is 1. The number of fused-ring (bicyclic) bond motifs is 1. The van der Waals surface area contributed by atoms with Gasteiger partial charge in [0, 0.05) is 5.56 Å². The van der Waals surface area contributed by atoms with Crippen molar-refractivity contribution < 1.29 is 24.2 Å². The van der Waals surface area contributed by atoms with Gasteiger partial charge in [-0.3, -0.25) is 4.79 Å². The van der Waals surface area contributed by atoms with Gasteiger partial charge in [0.25, 0.3) is 0 Å². The van der Waals surface area contributed by atoms with Gasteiger partial charge in [0.1, 0.15) is 17.1 Å². The zero-order valence-electron chi connectivity index (χ0n) is 17.9. The molecule has 0 saturated heterocycles. The summed E-state index contributed by atoms with van der Waals surface area (Å²) >= 11 is 0. The number of carbonyl (C=O) groups excluding carboxylic acids is 1. The van der Waals surface area contributed by atoms with Gasteiger partial charge in [-0.05, 0) is 42.0 Å². The van der Waals surface area contributed by atoms with Crippen molar-refractivity contribution in [2.75, 3.05) is 6.61 Å². The van der Waals surface area contributed by atoms with Crippen molar-refractivity contribution in [2.45, 2.75) is 64.2 Å². The lowest BCUT2D eigenvalue weighted by Gasteiger charge is -2.33. The fourth-order valence-electron chi connectivity index (χ4n) is 3.90. The minimum atomic E-state index is -1.12. The van der Waals surface area contributed by atoms with Gasteiger partial charge in [-0.25, -0.2) is 4.79 Å². The number of hydrogen-bond acceptors (Lipinski definition) is 4. The van der Waals surface area contributed by atoms with Crippen LogP contribution in [0, 0.1) is 0 Å². The van der Waals surface area contributed by atoms with Gasteiger partial charge in [-0.1, -0.05) is 64.3 Å². The van der Waals surface area contributed by atoms with Crippen LogP contribution >= 0.6 is 0 Å². The van der Waals surface area contributed by atoms with E-state index in [9.17, 15) is 14.7 Å². The van der Waals surface area contributed by atoms with E-state index in [1.54, 1.807) is 12.1 Å². The van der Waals surface area contributed by atoms with Crippen LogP contribution < -0.4 is 9.47 Å². The van der Waals surface area contributed by atoms with Gasteiger partial charge in [-0.15, -0.1) is 0 Å². The molecule has 0 aliphatic carbocycles. The number of carboxylic acid groups (broad SMARTS) is 1. The van der Waals surface area contributed by atoms with Crippen LogP contribution in [0.25, 0.3) is 0 Å². The molecular weight excluding hydrogens is 380 g/mol. The summed E-state index contributed by atoms with van der Waals surface area (Å²) in [5.74, 6) is -1.05. The second-order valence-electron chi connectivity index (χ2n) is 8.51. The summed E-state index contributed by atoms with van der Waals surface area (Å²) in [5.41, 5.74) is 1.95. The Kier molecular flexibility index (Phi) is 6.80. The molecular formula is C25H30O5. The molecule has 2 aromatic rings. The first-order chi connectivity index (χ1) is 14.3. The maximum atomic E-state index is 13.2. The van der Waals surface area contributed by atoms with Crippen LogP contribution in [-0.4, -0.2) is 23.7 Å². The van der Waals surface area contributed by atoms with Gasteiger partial charge in [0.2, 0.25) is 0 Å². The summed E-state index contributed by atoms with van der Waals surface area (Å²) in [6.45, 7) is 7.18. The van der Waals surface area contributed by atoms with Crippen LogP contribution in [0.1, 0.15) is 80.3 Å². The zero-order chi connectivity index (χ0) is 21.7. The first-order valence-electron chi connectivity index (χ1n) is 10.6. The van der Waals surface area contributed by atoms with Crippen LogP contribution in [0.4, 0.5) is 0 Å². The van der Waals surface area contributed by atoms with Crippen molar-refractivity contribution in [1.29, 1.82) is 0 Å². The molecule has 0 fully saturated rings. The van der Waals surface area contributed by atoms with Crippen molar-refractivity contribution in [1.82, 2.24) is 0 Å². The molecule has 1 aliphatic heterocycles. The SMILES string of the molecule is CCCCC[C@@H](C(=O)Oc1ccccc1C(=O)O)c1ccc2c(c1)C(C)(C)CCO2. The highest BCUT2D eigenvalue weighted by molar-refractivity contribution is 5.92. The Bertz CT molecular complexity index is 916. The highest BCUT2D eigenvalue weighted by Crippen LogP contribution is 2.40. The number of hydrogen-bond donors (Lipinski definition) is 1. The molecule has 1 heterocycles.